The third-order valence-electron chi connectivity index (χ3n) is 4.44. The fraction of sp³-hybridized carbons (Fsp3) is 0.200. The first-order chi connectivity index (χ1) is 12.4. The van der Waals surface area contributed by atoms with Gasteiger partial charge in [0.2, 0.25) is 5.91 Å². The molecule has 1 aliphatic heterocycles. The van der Waals surface area contributed by atoms with E-state index < -0.39 is 0 Å². The summed E-state index contributed by atoms with van der Waals surface area (Å²) in [6, 6.07) is 12.0. The predicted octanol–water partition coefficient (Wildman–Crippen LogP) is 3.89. The molecule has 6 heteroatoms. The van der Waals surface area contributed by atoms with Gasteiger partial charge in [-0.1, -0.05) is 36.5 Å². The van der Waals surface area contributed by atoms with Crippen LogP contribution in [0, 0.1) is 12.7 Å². The maximum absolute atomic E-state index is 13.9. The van der Waals surface area contributed by atoms with E-state index in [0.29, 0.717) is 32.9 Å². The summed E-state index contributed by atoms with van der Waals surface area (Å²) in [5.74, 6) is -0.531. The molecule has 3 rings (SSSR count). The Morgan fingerprint density at radius 2 is 2.04 bits per heavy atom. The van der Waals surface area contributed by atoms with Gasteiger partial charge in [-0.05, 0) is 36.2 Å². The minimum atomic E-state index is -0.309. The summed E-state index contributed by atoms with van der Waals surface area (Å²) in [5.41, 5.74) is 2.72. The number of nitrogens with zero attached hydrogens (tertiary/aromatic N) is 1. The van der Waals surface area contributed by atoms with Crippen LogP contribution < -0.4 is 10.2 Å². The topological polar surface area (TPSA) is 52.6 Å². The molecule has 0 unspecified atom stereocenters. The second-order valence-corrected chi connectivity index (χ2v) is 6.57. The smallest absolute Gasteiger partial charge is 0.231 e. The standard InChI is InChI=1S/C20H19FN2O2S/c1-12-7-8-13(9-16(12)21)11-23-17-6-4-3-5-14(17)19(25)15(10-18(23)24)20(26)22-2/h3-9,25H,10-11H2,1-2H3,(H,22,26). The number of para-hydroxylation sites is 1. The number of halogens is 1. The minimum Gasteiger partial charge on any atom is -0.507 e. The van der Waals surface area contributed by atoms with Crippen molar-refractivity contribution in [2.45, 2.75) is 19.9 Å². The van der Waals surface area contributed by atoms with Gasteiger partial charge < -0.3 is 15.3 Å². The first-order valence-corrected chi connectivity index (χ1v) is 8.62. The average Bonchev–Trinajstić information content (AvgIpc) is 2.74. The summed E-state index contributed by atoms with van der Waals surface area (Å²) in [4.78, 5) is 14.8. The van der Waals surface area contributed by atoms with Crippen molar-refractivity contribution in [1.82, 2.24) is 5.32 Å². The van der Waals surface area contributed by atoms with Crippen LogP contribution in [0.4, 0.5) is 10.1 Å². The van der Waals surface area contributed by atoms with E-state index in [-0.39, 0.29) is 30.4 Å². The van der Waals surface area contributed by atoms with Crippen LogP contribution in [0.3, 0.4) is 0 Å². The number of rotatable bonds is 3. The highest BCUT2D eigenvalue weighted by Gasteiger charge is 2.29. The Morgan fingerprint density at radius 1 is 1.31 bits per heavy atom. The van der Waals surface area contributed by atoms with Crippen LogP contribution in [0.15, 0.2) is 48.0 Å². The van der Waals surface area contributed by atoms with Crippen molar-refractivity contribution in [1.29, 1.82) is 0 Å². The van der Waals surface area contributed by atoms with E-state index in [1.165, 1.54) is 6.07 Å². The van der Waals surface area contributed by atoms with E-state index in [9.17, 15) is 14.3 Å². The molecule has 0 saturated heterocycles. The number of nitrogens with one attached hydrogen (secondary N) is 1. The summed E-state index contributed by atoms with van der Waals surface area (Å²) in [7, 11) is 1.65. The van der Waals surface area contributed by atoms with E-state index >= 15 is 0 Å². The monoisotopic (exact) mass is 370 g/mol. The SMILES string of the molecule is CNC(=S)C1=C(O)c2ccccc2N(Cc2ccc(C)c(F)c2)C(=O)C1. The van der Waals surface area contributed by atoms with E-state index in [2.05, 4.69) is 5.32 Å². The molecule has 0 bridgehead atoms. The molecule has 0 aliphatic carbocycles. The Kier molecular flexibility index (Phi) is 5.04. The van der Waals surface area contributed by atoms with Gasteiger partial charge in [0.15, 0.2) is 0 Å². The van der Waals surface area contributed by atoms with Gasteiger partial charge in [-0.25, -0.2) is 4.39 Å². The molecule has 0 aromatic heterocycles. The molecule has 134 valence electrons. The number of hydrogen-bond acceptors (Lipinski definition) is 3. The Balaban J connectivity index is 2.06. The van der Waals surface area contributed by atoms with E-state index in [1.807, 2.05) is 0 Å². The number of benzene rings is 2. The van der Waals surface area contributed by atoms with Crippen LogP contribution in [0.25, 0.3) is 5.76 Å². The third-order valence-corrected chi connectivity index (χ3v) is 4.89. The first kappa shape index (κ1) is 18.1. The maximum atomic E-state index is 13.9. The minimum absolute atomic E-state index is 0.00844. The molecule has 26 heavy (non-hydrogen) atoms. The summed E-state index contributed by atoms with van der Waals surface area (Å²) in [6.45, 7) is 1.90. The zero-order chi connectivity index (χ0) is 18.8. The Bertz CT molecular complexity index is 924. The second-order valence-electron chi connectivity index (χ2n) is 6.16. The molecule has 1 aliphatic rings. The van der Waals surface area contributed by atoms with Crippen LogP contribution in [0.2, 0.25) is 0 Å². The van der Waals surface area contributed by atoms with Crippen molar-refractivity contribution >= 4 is 34.6 Å². The fourth-order valence-electron chi connectivity index (χ4n) is 2.97. The molecule has 0 atom stereocenters. The fourth-order valence-corrected chi connectivity index (χ4v) is 3.13. The zero-order valence-corrected chi connectivity index (χ0v) is 15.4. The molecular weight excluding hydrogens is 351 g/mol. The number of likely N-dealkylation sites (N-methyl/N-ethyl adjacent to an activating group) is 1. The molecular formula is C20H19FN2O2S. The number of amides is 1. The number of aliphatic hydroxyl groups is 1. The lowest BCUT2D eigenvalue weighted by atomic mass is 10.1. The number of aryl methyl sites for hydroxylation is 1. The highest BCUT2D eigenvalue weighted by molar-refractivity contribution is 7.80. The second kappa shape index (κ2) is 7.25. The van der Waals surface area contributed by atoms with Crippen LogP contribution in [-0.2, 0) is 11.3 Å². The average molecular weight is 370 g/mol. The number of carbonyl (C=O) groups is 1. The van der Waals surface area contributed by atoms with Gasteiger partial charge in [-0.15, -0.1) is 0 Å². The molecule has 0 spiro atoms. The predicted molar refractivity (Wildman–Crippen MR) is 105 cm³/mol. The molecule has 2 N–H and O–H groups in total. The first-order valence-electron chi connectivity index (χ1n) is 8.21. The number of fused-ring (bicyclic) bond motifs is 1. The van der Waals surface area contributed by atoms with Crippen LogP contribution in [0.5, 0.6) is 0 Å². The third kappa shape index (κ3) is 3.32. The quantitative estimate of drug-likeness (QED) is 0.805. The normalized spacial score (nSPS) is 14.1. The van der Waals surface area contributed by atoms with Gasteiger partial charge in [0, 0.05) is 18.2 Å². The molecule has 0 saturated carbocycles. The van der Waals surface area contributed by atoms with Gasteiger partial charge in [0.05, 0.1) is 18.7 Å². The van der Waals surface area contributed by atoms with Crippen molar-refractivity contribution in [3.8, 4) is 0 Å². The van der Waals surface area contributed by atoms with Crippen LogP contribution in [0.1, 0.15) is 23.1 Å². The van der Waals surface area contributed by atoms with Crippen LogP contribution in [-0.4, -0.2) is 23.0 Å². The number of anilines is 1. The lowest BCUT2D eigenvalue weighted by molar-refractivity contribution is -0.118. The summed E-state index contributed by atoms with van der Waals surface area (Å²) in [5, 5.41) is 13.5. The van der Waals surface area contributed by atoms with E-state index in [1.54, 1.807) is 55.3 Å². The van der Waals surface area contributed by atoms with Crippen molar-refractivity contribution in [3.63, 3.8) is 0 Å². The van der Waals surface area contributed by atoms with Gasteiger partial charge in [-0.3, -0.25) is 4.79 Å². The highest BCUT2D eigenvalue weighted by atomic mass is 32.1. The number of thiocarbonyl (C=S) groups is 1. The number of carbonyl (C=O) groups excluding carboxylic acids is 1. The number of aliphatic hydroxyl groups excluding tert-OH is 1. The Hall–Kier alpha value is -2.73. The lowest BCUT2D eigenvalue weighted by Gasteiger charge is -2.23. The molecule has 4 nitrogen and oxygen atoms in total. The number of hydrogen-bond donors (Lipinski definition) is 2. The molecule has 0 radical (unpaired) electrons. The summed E-state index contributed by atoms with van der Waals surface area (Å²) < 4.78 is 13.9. The Morgan fingerprint density at radius 3 is 2.73 bits per heavy atom. The van der Waals surface area contributed by atoms with Crippen molar-refractivity contribution in [2.24, 2.45) is 0 Å². The Labute approximate surface area is 157 Å². The van der Waals surface area contributed by atoms with Gasteiger partial charge in [-0.2, -0.15) is 0 Å². The van der Waals surface area contributed by atoms with Gasteiger partial charge in [0.25, 0.3) is 0 Å². The molecule has 1 heterocycles. The van der Waals surface area contributed by atoms with Crippen molar-refractivity contribution in [3.05, 3.63) is 70.5 Å². The zero-order valence-electron chi connectivity index (χ0n) is 14.5. The molecule has 0 fully saturated rings. The van der Waals surface area contributed by atoms with E-state index in [0.717, 1.165) is 0 Å². The summed E-state index contributed by atoms with van der Waals surface area (Å²) >= 11 is 5.24. The van der Waals surface area contributed by atoms with Crippen molar-refractivity contribution < 1.29 is 14.3 Å². The molecule has 2 aromatic carbocycles. The lowest BCUT2D eigenvalue weighted by Crippen LogP contribution is -2.31. The van der Waals surface area contributed by atoms with Crippen LogP contribution >= 0.6 is 12.2 Å². The highest BCUT2D eigenvalue weighted by Crippen LogP contribution is 2.34. The largest absolute Gasteiger partial charge is 0.507 e. The summed E-state index contributed by atoms with van der Waals surface area (Å²) in [6.07, 6.45) is -0.0332. The van der Waals surface area contributed by atoms with Crippen molar-refractivity contribution in [2.75, 3.05) is 11.9 Å². The van der Waals surface area contributed by atoms with E-state index in [4.69, 9.17) is 12.2 Å². The molecule has 1 amide bonds. The maximum Gasteiger partial charge on any atom is 0.231 e. The van der Waals surface area contributed by atoms with Gasteiger partial charge in [0.1, 0.15) is 16.6 Å². The molecule has 2 aromatic rings. The van der Waals surface area contributed by atoms with Gasteiger partial charge >= 0.3 is 0 Å².